The van der Waals surface area contributed by atoms with Gasteiger partial charge in [0.25, 0.3) is 0 Å². The van der Waals surface area contributed by atoms with E-state index in [1.54, 1.807) is 7.11 Å². The summed E-state index contributed by atoms with van der Waals surface area (Å²) in [5.74, 6) is 3.01. The zero-order valence-electron chi connectivity index (χ0n) is 15.3. The van der Waals surface area contributed by atoms with Crippen LogP contribution in [0, 0.1) is 17.8 Å². The first kappa shape index (κ1) is 17.4. The lowest BCUT2D eigenvalue weighted by molar-refractivity contribution is 0.0373. The fraction of sp³-hybridized carbons (Fsp3) is 0.455. The highest BCUT2D eigenvalue weighted by Crippen LogP contribution is 2.43. The van der Waals surface area contributed by atoms with Crippen molar-refractivity contribution >= 4 is 5.69 Å². The standard InChI is InChI=1S/C22H28N2O2/c1-26-21-9-5-8-20(13-21)23-22(25)24-14-18-11-17(12-19(18)15-24)10-16-6-3-2-4-7-16/h2-9,13,17-19,22-23,25H,10-12,14-15H2,1H3/t17?,18-,19+,22?. The predicted octanol–water partition coefficient (Wildman–Crippen LogP) is 3.58. The van der Waals surface area contributed by atoms with Crippen molar-refractivity contribution in [3.05, 3.63) is 60.2 Å². The number of anilines is 1. The predicted molar refractivity (Wildman–Crippen MR) is 104 cm³/mol. The molecule has 26 heavy (non-hydrogen) atoms. The van der Waals surface area contributed by atoms with E-state index in [0.29, 0.717) is 11.8 Å². The van der Waals surface area contributed by atoms with Crippen molar-refractivity contribution < 1.29 is 9.84 Å². The summed E-state index contributed by atoms with van der Waals surface area (Å²) < 4.78 is 5.25. The van der Waals surface area contributed by atoms with Gasteiger partial charge < -0.3 is 15.2 Å². The number of fused-ring (bicyclic) bond motifs is 1. The van der Waals surface area contributed by atoms with Gasteiger partial charge in [-0.05, 0) is 54.7 Å². The van der Waals surface area contributed by atoms with Gasteiger partial charge in [-0.2, -0.15) is 0 Å². The number of likely N-dealkylation sites (tertiary alicyclic amines) is 1. The lowest BCUT2D eigenvalue weighted by Crippen LogP contribution is -2.40. The molecule has 1 aliphatic carbocycles. The summed E-state index contributed by atoms with van der Waals surface area (Å²) in [4.78, 5) is 2.17. The average molecular weight is 352 g/mol. The minimum atomic E-state index is -0.639. The van der Waals surface area contributed by atoms with Crippen LogP contribution in [-0.2, 0) is 6.42 Å². The maximum Gasteiger partial charge on any atom is 0.184 e. The normalized spacial score (nSPS) is 26.5. The van der Waals surface area contributed by atoms with Gasteiger partial charge in [0.1, 0.15) is 5.75 Å². The monoisotopic (exact) mass is 352 g/mol. The van der Waals surface area contributed by atoms with E-state index in [0.717, 1.165) is 30.4 Å². The van der Waals surface area contributed by atoms with Crippen LogP contribution in [0.2, 0.25) is 0 Å². The Kier molecular flexibility index (Phi) is 5.14. The molecule has 2 aliphatic rings. The molecule has 2 aromatic carbocycles. The molecule has 2 aromatic rings. The van der Waals surface area contributed by atoms with Crippen LogP contribution >= 0.6 is 0 Å². The molecular weight excluding hydrogens is 324 g/mol. The third-order valence-electron chi connectivity index (χ3n) is 5.96. The number of nitrogens with one attached hydrogen (secondary N) is 1. The van der Waals surface area contributed by atoms with E-state index < -0.39 is 6.35 Å². The number of ether oxygens (including phenoxy) is 1. The Morgan fingerprint density at radius 1 is 1.08 bits per heavy atom. The van der Waals surface area contributed by atoms with Gasteiger partial charge in [0.05, 0.1) is 7.11 Å². The molecule has 0 radical (unpaired) electrons. The molecule has 2 N–H and O–H groups in total. The van der Waals surface area contributed by atoms with E-state index in [9.17, 15) is 5.11 Å². The highest BCUT2D eigenvalue weighted by molar-refractivity contribution is 5.48. The molecule has 1 saturated heterocycles. The first-order valence-corrected chi connectivity index (χ1v) is 9.58. The first-order valence-electron chi connectivity index (χ1n) is 9.58. The fourth-order valence-electron chi connectivity index (χ4n) is 4.73. The van der Waals surface area contributed by atoms with Crippen molar-refractivity contribution in [2.24, 2.45) is 17.8 Å². The molecule has 1 saturated carbocycles. The van der Waals surface area contributed by atoms with E-state index in [1.807, 2.05) is 24.3 Å². The third-order valence-corrected chi connectivity index (χ3v) is 5.96. The van der Waals surface area contributed by atoms with Gasteiger partial charge in [-0.15, -0.1) is 0 Å². The van der Waals surface area contributed by atoms with Gasteiger partial charge in [-0.1, -0.05) is 36.4 Å². The summed E-state index contributed by atoms with van der Waals surface area (Å²) in [6, 6.07) is 18.5. The van der Waals surface area contributed by atoms with Crippen LogP contribution in [0.5, 0.6) is 5.75 Å². The van der Waals surface area contributed by atoms with Crippen molar-refractivity contribution in [2.75, 3.05) is 25.5 Å². The largest absolute Gasteiger partial charge is 0.497 e. The highest BCUT2D eigenvalue weighted by atomic mass is 16.5. The van der Waals surface area contributed by atoms with Gasteiger partial charge in [0, 0.05) is 24.8 Å². The van der Waals surface area contributed by atoms with Gasteiger partial charge in [0.2, 0.25) is 0 Å². The Labute approximate surface area is 155 Å². The number of hydrogen-bond donors (Lipinski definition) is 2. The number of nitrogens with zero attached hydrogens (tertiary/aromatic N) is 1. The van der Waals surface area contributed by atoms with Crippen LogP contribution in [0.3, 0.4) is 0 Å². The number of benzene rings is 2. The minimum Gasteiger partial charge on any atom is -0.497 e. The fourth-order valence-corrected chi connectivity index (χ4v) is 4.73. The SMILES string of the molecule is COc1cccc(NC(O)N2C[C@H]3CC(Cc4ccccc4)C[C@H]3C2)c1. The molecule has 138 valence electrons. The van der Waals surface area contributed by atoms with Crippen LogP contribution in [0.1, 0.15) is 18.4 Å². The maximum absolute atomic E-state index is 10.6. The molecule has 4 nitrogen and oxygen atoms in total. The minimum absolute atomic E-state index is 0.639. The number of hydrogen-bond acceptors (Lipinski definition) is 4. The number of aliphatic hydroxyl groups excluding tert-OH is 1. The zero-order chi connectivity index (χ0) is 17.9. The summed E-state index contributed by atoms with van der Waals surface area (Å²) in [6.07, 6.45) is 3.11. The Morgan fingerprint density at radius 3 is 2.50 bits per heavy atom. The maximum atomic E-state index is 10.6. The molecule has 4 rings (SSSR count). The first-order chi connectivity index (χ1) is 12.7. The van der Waals surface area contributed by atoms with Crippen molar-refractivity contribution in [2.45, 2.75) is 25.6 Å². The molecule has 0 aromatic heterocycles. The summed E-state index contributed by atoms with van der Waals surface area (Å²) in [5.41, 5.74) is 2.34. The Morgan fingerprint density at radius 2 is 1.81 bits per heavy atom. The second kappa shape index (κ2) is 7.68. The number of methoxy groups -OCH3 is 1. The van der Waals surface area contributed by atoms with Crippen molar-refractivity contribution in [3.8, 4) is 5.75 Å². The number of rotatable bonds is 6. The van der Waals surface area contributed by atoms with Crippen LogP contribution in [-0.4, -0.2) is 36.6 Å². The smallest absolute Gasteiger partial charge is 0.184 e. The molecule has 1 aliphatic heterocycles. The molecule has 4 heteroatoms. The van der Waals surface area contributed by atoms with Gasteiger partial charge in [-0.25, -0.2) is 0 Å². The van der Waals surface area contributed by atoms with Crippen LogP contribution in [0.25, 0.3) is 0 Å². The Balaban J connectivity index is 1.30. The Bertz CT molecular complexity index is 707. The second-order valence-electron chi connectivity index (χ2n) is 7.75. The topological polar surface area (TPSA) is 44.7 Å². The van der Waals surface area contributed by atoms with Crippen molar-refractivity contribution in [1.82, 2.24) is 4.90 Å². The van der Waals surface area contributed by atoms with E-state index >= 15 is 0 Å². The molecule has 4 atom stereocenters. The summed E-state index contributed by atoms with van der Waals surface area (Å²) >= 11 is 0. The van der Waals surface area contributed by atoms with Crippen molar-refractivity contribution in [1.29, 1.82) is 0 Å². The zero-order valence-corrected chi connectivity index (χ0v) is 15.3. The second-order valence-corrected chi connectivity index (χ2v) is 7.75. The summed E-state index contributed by atoms with van der Waals surface area (Å²) in [5, 5.41) is 13.8. The van der Waals surface area contributed by atoms with Crippen LogP contribution in [0.15, 0.2) is 54.6 Å². The molecular formula is C22H28N2O2. The summed E-state index contributed by atoms with van der Waals surface area (Å²) in [7, 11) is 1.66. The third kappa shape index (κ3) is 3.87. The van der Waals surface area contributed by atoms with Gasteiger partial charge >= 0.3 is 0 Å². The molecule has 1 heterocycles. The molecule has 0 amide bonds. The summed E-state index contributed by atoms with van der Waals surface area (Å²) in [6.45, 7) is 1.96. The Hall–Kier alpha value is -2.04. The molecule has 0 spiro atoms. The van der Waals surface area contributed by atoms with Crippen LogP contribution in [0.4, 0.5) is 5.69 Å². The molecule has 2 unspecified atom stereocenters. The number of aliphatic hydroxyl groups is 1. The van der Waals surface area contributed by atoms with E-state index in [4.69, 9.17) is 4.74 Å². The highest BCUT2D eigenvalue weighted by Gasteiger charge is 2.42. The van der Waals surface area contributed by atoms with E-state index in [2.05, 4.69) is 40.5 Å². The molecule has 2 fully saturated rings. The lowest BCUT2D eigenvalue weighted by atomic mass is 9.96. The quantitative estimate of drug-likeness (QED) is 0.780. The van der Waals surface area contributed by atoms with Gasteiger partial charge in [-0.3, -0.25) is 4.90 Å². The average Bonchev–Trinajstić information content (AvgIpc) is 3.21. The van der Waals surface area contributed by atoms with Crippen molar-refractivity contribution in [3.63, 3.8) is 0 Å². The lowest BCUT2D eigenvalue weighted by Gasteiger charge is -2.26. The van der Waals surface area contributed by atoms with Gasteiger partial charge in [0.15, 0.2) is 6.35 Å². The molecule has 0 bridgehead atoms. The van der Waals surface area contributed by atoms with Crippen LogP contribution < -0.4 is 10.1 Å². The van der Waals surface area contributed by atoms with E-state index in [-0.39, 0.29) is 0 Å². The van der Waals surface area contributed by atoms with E-state index in [1.165, 1.54) is 24.8 Å².